The van der Waals surface area contributed by atoms with Crippen LogP contribution in [0.3, 0.4) is 0 Å². The first-order valence-corrected chi connectivity index (χ1v) is 13.7. The molecule has 7 nitrogen and oxygen atoms in total. The summed E-state index contributed by atoms with van der Waals surface area (Å²) in [5, 5.41) is 1.34. The van der Waals surface area contributed by atoms with Crippen LogP contribution in [0, 0.1) is 0 Å². The van der Waals surface area contributed by atoms with E-state index >= 15 is 0 Å². The number of fused-ring (bicyclic) bond motifs is 1. The molecule has 0 aliphatic carbocycles. The highest BCUT2D eigenvalue weighted by Crippen LogP contribution is 2.42. The van der Waals surface area contributed by atoms with Gasteiger partial charge in [-0.2, -0.15) is 0 Å². The van der Waals surface area contributed by atoms with Gasteiger partial charge in [0, 0.05) is 27.2 Å². The maximum absolute atomic E-state index is 13.1. The average molecular weight is 561 g/mol. The van der Waals surface area contributed by atoms with E-state index in [1.807, 2.05) is 12.1 Å². The summed E-state index contributed by atoms with van der Waals surface area (Å²) in [5.74, 6) is 0.107. The van der Waals surface area contributed by atoms with Gasteiger partial charge in [0.1, 0.15) is 0 Å². The van der Waals surface area contributed by atoms with E-state index in [2.05, 4.69) is 30.5 Å². The number of rotatable bonds is 6. The number of aromatic nitrogens is 1. The standard InChI is InChI=1S/C27H26Cl2N2O5S/c1-5-35-26(32)36-25-24(20-12-8-17(28)14-22(20)29)21-15-18(9-13-23(21)30-25)31-37(33,34)19-10-6-16(7-11-19)27(2,3)4/h6-15,30-31H,5H2,1-4H3. The first kappa shape index (κ1) is 26.9. The quantitative estimate of drug-likeness (QED) is 0.234. The van der Waals surface area contributed by atoms with Crippen LogP contribution in [0.1, 0.15) is 33.3 Å². The van der Waals surface area contributed by atoms with Crippen molar-refractivity contribution < 1.29 is 22.7 Å². The van der Waals surface area contributed by atoms with Gasteiger partial charge >= 0.3 is 6.16 Å². The highest BCUT2D eigenvalue weighted by atomic mass is 35.5. The number of ether oxygens (including phenoxy) is 2. The Bertz CT molecular complexity index is 1570. The summed E-state index contributed by atoms with van der Waals surface area (Å²) >= 11 is 12.6. The number of aromatic amines is 1. The number of halogens is 2. The van der Waals surface area contributed by atoms with E-state index in [0.717, 1.165) is 5.56 Å². The van der Waals surface area contributed by atoms with E-state index in [9.17, 15) is 13.2 Å². The second-order valence-corrected chi connectivity index (χ2v) is 11.9. The molecule has 0 unspecified atom stereocenters. The Morgan fingerprint density at radius 2 is 1.70 bits per heavy atom. The highest BCUT2D eigenvalue weighted by Gasteiger charge is 2.22. The fourth-order valence-corrected chi connectivity index (χ4v) is 5.40. The Morgan fingerprint density at radius 1 is 1.00 bits per heavy atom. The minimum Gasteiger partial charge on any atom is -0.434 e. The highest BCUT2D eigenvalue weighted by molar-refractivity contribution is 7.92. The molecule has 3 aromatic carbocycles. The molecule has 2 N–H and O–H groups in total. The number of benzene rings is 3. The lowest BCUT2D eigenvalue weighted by Gasteiger charge is -2.19. The monoisotopic (exact) mass is 560 g/mol. The zero-order valence-electron chi connectivity index (χ0n) is 20.7. The molecule has 194 valence electrons. The van der Waals surface area contributed by atoms with Crippen LogP contribution in [0.4, 0.5) is 10.5 Å². The lowest BCUT2D eigenvalue weighted by Crippen LogP contribution is -2.14. The van der Waals surface area contributed by atoms with Crippen molar-refractivity contribution in [3.63, 3.8) is 0 Å². The molecule has 37 heavy (non-hydrogen) atoms. The van der Waals surface area contributed by atoms with Gasteiger partial charge in [-0.1, -0.05) is 62.2 Å². The molecule has 0 bridgehead atoms. The van der Waals surface area contributed by atoms with Gasteiger partial charge in [0.2, 0.25) is 5.88 Å². The van der Waals surface area contributed by atoms with E-state index in [-0.39, 0.29) is 22.8 Å². The SMILES string of the molecule is CCOC(=O)Oc1[nH]c2ccc(NS(=O)(=O)c3ccc(C(C)(C)C)cc3)cc2c1-c1ccc(Cl)cc1Cl. The molecule has 0 saturated carbocycles. The van der Waals surface area contributed by atoms with Gasteiger partial charge in [0.05, 0.1) is 22.1 Å². The van der Waals surface area contributed by atoms with E-state index in [0.29, 0.717) is 37.8 Å². The fourth-order valence-electron chi connectivity index (χ4n) is 3.85. The number of sulfonamides is 1. The number of H-pyrrole nitrogens is 1. The van der Waals surface area contributed by atoms with Crippen molar-refractivity contribution in [2.24, 2.45) is 0 Å². The molecule has 0 spiro atoms. The van der Waals surface area contributed by atoms with Gasteiger partial charge in [0.25, 0.3) is 10.0 Å². The van der Waals surface area contributed by atoms with Crippen LogP contribution in [0.25, 0.3) is 22.0 Å². The Balaban J connectivity index is 1.77. The van der Waals surface area contributed by atoms with Crippen molar-refractivity contribution in [2.45, 2.75) is 38.0 Å². The Labute approximate surface area is 225 Å². The van der Waals surface area contributed by atoms with Gasteiger partial charge in [0.15, 0.2) is 0 Å². The van der Waals surface area contributed by atoms with Crippen LogP contribution in [-0.4, -0.2) is 26.2 Å². The van der Waals surface area contributed by atoms with E-state index in [4.69, 9.17) is 32.7 Å². The van der Waals surface area contributed by atoms with Crippen LogP contribution in [-0.2, 0) is 20.2 Å². The summed E-state index contributed by atoms with van der Waals surface area (Å²) in [4.78, 5) is 15.3. The fraction of sp³-hybridized carbons (Fsp3) is 0.222. The van der Waals surface area contributed by atoms with Gasteiger partial charge in [-0.05, 0) is 60.4 Å². The number of hydrogen-bond acceptors (Lipinski definition) is 5. The first-order valence-electron chi connectivity index (χ1n) is 11.5. The summed E-state index contributed by atoms with van der Waals surface area (Å²) in [6, 6.07) is 16.6. The Morgan fingerprint density at radius 3 is 2.32 bits per heavy atom. The Kier molecular flexibility index (Phi) is 7.46. The van der Waals surface area contributed by atoms with Crippen molar-refractivity contribution in [1.82, 2.24) is 4.98 Å². The van der Waals surface area contributed by atoms with Gasteiger partial charge in [-0.3, -0.25) is 4.72 Å². The van der Waals surface area contributed by atoms with Crippen molar-refractivity contribution in [2.75, 3.05) is 11.3 Å². The van der Waals surface area contributed by atoms with Crippen LogP contribution in [0.5, 0.6) is 5.88 Å². The van der Waals surface area contributed by atoms with Crippen LogP contribution in [0.2, 0.25) is 10.0 Å². The molecule has 1 heterocycles. The summed E-state index contributed by atoms with van der Waals surface area (Å²) in [7, 11) is -3.86. The molecule has 0 fully saturated rings. The third-order valence-corrected chi connectivity index (χ3v) is 7.64. The minimum absolute atomic E-state index is 0.0995. The maximum atomic E-state index is 13.1. The zero-order valence-corrected chi connectivity index (χ0v) is 23.0. The van der Waals surface area contributed by atoms with Crippen molar-refractivity contribution >= 4 is 56.0 Å². The van der Waals surface area contributed by atoms with E-state index < -0.39 is 16.2 Å². The smallest absolute Gasteiger partial charge is 0.434 e. The number of carbonyl (C=O) groups is 1. The van der Waals surface area contributed by atoms with Crippen LogP contribution >= 0.6 is 23.2 Å². The number of anilines is 1. The average Bonchev–Trinajstić information content (AvgIpc) is 3.15. The van der Waals surface area contributed by atoms with Crippen molar-refractivity contribution in [1.29, 1.82) is 0 Å². The molecule has 4 rings (SSSR count). The molecule has 10 heteroatoms. The Hall–Kier alpha value is -3.20. The molecule has 0 saturated heterocycles. The summed E-state index contributed by atoms with van der Waals surface area (Å²) in [6.07, 6.45) is -0.889. The van der Waals surface area contributed by atoms with E-state index in [1.54, 1.807) is 55.5 Å². The molecule has 0 amide bonds. The molecule has 1 aromatic heterocycles. The van der Waals surface area contributed by atoms with E-state index in [1.165, 1.54) is 0 Å². The number of nitrogens with one attached hydrogen (secondary N) is 2. The normalized spacial score (nSPS) is 11.9. The minimum atomic E-state index is -3.86. The summed E-state index contributed by atoms with van der Waals surface area (Å²) < 4.78 is 39.2. The third-order valence-electron chi connectivity index (χ3n) is 5.70. The largest absolute Gasteiger partial charge is 0.515 e. The lowest BCUT2D eigenvalue weighted by molar-refractivity contribution is 0.103. The molecule has 4 aromatic rings. The molecule has 0 radical (unpaired) electrons. The maximum Gasteiger partial charge on any atom is 0.515 e. The van der Waals surface area contributed by atoms with Crippen LogP contribution < -0.4 is 9.46 Å². The first-order chi connectivity index (χ1) is 17.4. The second kappa shape index (κ2) is 10.3. The third kappa shape index (κ3) is 5.87. The van der Waals surface area contributed by atoms with Crippen molar-refractivity contribution in [3.8, 4) is 17.0 Å². The predicted octanol–water partition coefficient (Wildman–Crippen LogP) is 7.78. The predicted molar refractivity (Wildman–Crippen MR) is 147 cm³/mol. The number of hydrogen-bond donors (Lipinski definition) is 2. The second-order valence-electron chi connectivity index (χ2n) is 9.38. The molecule has 0 atom stereocenters. The zero-order chi connectivity index (χ0) is 27.0. The van der Waals surface area contributed by atoms with Gasteiger partial charge in [-0.25, -0.2) is 13.2 Å². The molecule has 0 aliphatic heterocycles. The molecule has 0 aliphatic rings. The van der Waals surface area contributed by atoms with Crippen molar-refractivity contribution in [3.05, 3.63) is 76.3 Å². The summed E-state index contributed by atoms with van der Waals surface area (Å²) in [5.41, 5.74) is 2.84. The number of carbonyl (C=O) groups excluding carboxylic acids is 1. The molecular weight excluding hydrogens is 535 g/mol. The molecular formula is C27H26Cl2N2O5S. The van der Waals surface area contributed by atoms with Gasteiger partial charge < -0.3 is 14.5 Å². The topological polar surface area (TPSA) is 97.5 Å². The lowest BCUT2D eigenvalue weighted by atomic mass is 9.87. The van der Waals surface area contributed by atoms with Gasteiger partial charge in [-0.15, -0.1) is 0 Å². The summed E-state index contributed by atoms with van der Waals surface area (Å²) in [6.45, 7) is 7.99. The van der Waals surface area contributed by atoms with Crippen LogP contribution in [0.15, 0.2) is 65.6 Å².